The molecule has 0 aliphatic heterocycles. The normalized spacial score (nSPS) is 10.7. The number of nitrogens with zero attached hydrogens (tertiary/aromatic N) is 4. The zero-order valence-electron chi connectivity index (χ0n) is 17.9. The summed E-state index contributed by atoms with van der Waals surface area (Å²) in [4.78, 5) is 12.2. The Hall–Kier alpha value is -3.94. The summed E-state index contributed by atoms with van der Waals surface area (Å²) in [6.45, 7) is 1.04. The molecule has 0 atom stereocenters. The van der Waals surface area contributed by atoms with Crippen molar-refractivity contribution >= 4 is 0 Å². The molecule has 8 heteroatoms. The molecule has 3 aromatic heterocycles. The van der Waals surface area contributed by atoms with Gasteiger partial charge in [0.1, 0.15) is 5.82 Å². The van der Waals surface area contributed by atoms with Gasteiger partial charge in [-0.1, -0.05) is 12.1 Å². The topological polar surface area (TPSA) is 71.3 Å². The molecule has 0 spiro atoms. The molecule has 0 saturated carbocycles. The molecule has 4 rings (SSSR count). The van der Waals surface area contributed by atoms with Crippen molar-refractivity contribution < 1.29 is 18.6 Å². The molecule has 0 fully saturated rings. The number of pyridine rings is 2. The third-order valence-electron chi connectivity index (χ3n) is 4.94. The number of hydrogen-bond donors (Lipinski definition) is 0. The van der Waals surface area contributed by atoms with Crippen molar-refractivity contribution in [1.82, 2.24) is 19.5 Å². The third kappa shape index (κ3) is 5.03. The second-order valence-corrected chi connectivity index (χ2v) is 7.04. The van der Waals surface area contributed by atoms with Gasteiger partial charge in [-0.3, -0.25) is 0 Å². The molecule has 0 aliphatic carbocycles. The Kier molecular flexibility index (Phi) is 6.60. The van der Waals surface area contributed by atoms with Crippen molar-refractivity contribution in [2.24, 2.45) is 0 Å². The first-order valence-electron chi connectivity index (χ1n) is 10.1. The van der Waals surface area contributed by atoms with Gasteiger partial charge in [0.15, 0.2) is 11.5 Å². The van der Waals surface area contributed by atoms with Crippen LogP contribution >= 0.6 is 0 Å². The first kappa shape index (κ1) is 21.3. The zero-order chi connectivity index (χ0) is 22.3. The van der Waals surface area contributed by atoms with Crippen molar-refractivity contribution in [2.45, 2.75) is 13.0 Å². The molecule has 0 saturated heterocycles. The monoisotopic (exact) mass is 434 g/mol. The molecule has 1 aromatic carbocycles. The highest BCUT2D eigenvalue weighted by Crippen LogP contribution is 2.29. The van der Waals surface area contributed by atoms with E-state index in [-0.39, 0.29) is 0 Å². The van der Waals surface area contributed by atoms with E-state index in [9.17, 15) is 4.39 Å². The van der Waals surface area contributed by atoms with Gasteiger partial charge in [0.25, 0.3) is 0 Å². The molecule has 7 nitrogen and oxygen atoms in total. The van der Waals surface area contributed by atoms with E-state index in [2.05, 4.69) is 15.0 Å². The Morgan fingerprint density at radius 1 is 0.875 bits per heavy atom. The number of hydrogen-bond acceptors (Lipinski definition) is 6. The van der Waals surface area contributed by atoms with E-state index in [0.717, 1.165) is 11.1 Å². The Bertz CT molecular complexity index is 1180. The molecule has 32 heavy (non-hydrogen) atoms. The minimum Gasteiger partial charge on any atom is -0.493 e. The predicted molar refractivity (Wildman–Crippen MR) is 118 cm³/mol. The number of methoxy groups -OCH3 is 2. The summed E-state index contributed by atoms with van der Waals surface area (Å²) in [5, 5.41) is 0. The fourth-order valence-electron chi connectivity index (χ4n) is 3.32. The van der Waals surface area contributed by atoms with Crippen LogP contribution in [0.4, 0.5) is 4.39 Å². The van der Waals surface area contributed by atoms with E-state index >= 15 is 0 Å². The Balaban J connectivity index is 1.43. The molecule has 164 valence electrons. The molecule has 4 aromatic rings. The quantitative estimate of drug-likeness (QED) is 0.368. The fraction of sp³-hybridized carbons (Fsp3) is 0.208. The van der Waals surface area contributed by atoms with Gasteiger partial charge in [0.2, 0.25) is 11.8 Å². The van der Waals surface area contributed by atoms with Crippen molar-refractivity contribution in [3.8, 4) is 28.8 Å². The predicted octanol–water partition coefficient (Wildman–Crippen LogP) is 4.17. The van der Waals surface area contributed by atoms with E-state index in [1.165, 1.54) is 12.3 Å². The fourth-order valence-corrected chi connectivity index (χ4v) is 3.32. The van der Waals surface area contributed by atoms with Gasteiger partial charge in [-0.15, -0.1) is 0 Å². The lowest BCUT2D eigenvalue weighted by Gasteiger charge is -2.13. The highest BCUT2D eigenvalue weighted by Gasteiger charge is 2.11. The number of halogens is 1. The van der Waals surface area contributed by atoms with Crippen LogP contribution in [0.25, 0.3) is 11.4 Å². The number of aromatic nitrogens is 4. The summed E-state index contributed by atoms with van der Waals surface area (Å²) in [7, 11) is 3.20. The molecule has 0 unspecified atom stereocenters. The standard InChI is InChI=1S/C24H23FN4O3/c1-30-21-13-18(16-29-11-10-27-24(29)19-7-9-26-22(25)14-19)3-5-20(21)32-12-8-17-4-6-23(31-2)28-15-17/h3-7,9-11,13-15H,8,12,16H2,1-2H3. The van der Waals surface area contributed by atoms with Crippen LogP contribution in [0, 0.1) is 5.95 Å². The average molecular weight is 434 g/mol. The first-order chi connectivity index (χ1) is 15.7. The molecule has 0 amide bonds. The van der Waals surface area contributed by atoms with E-state index < -0.39 is 5.95 Å². The van der Waals surface area contributed by atoms with Crippen LogP contribution in [0.1, 0.15) is 11.1 Å². The molecule has 0 aliphatic rings. The second-order valence-electron chi connectivity index (χ2n) is 7.04. The maximum absolute atomic E-state index is 13.5. The molecule has 0 N–H and O–H groups in total. The van der Waals surface area contributed by atoms with Gasteiger partial charge in [0, 0.05) is 55.4 Å². The largest absolute Gasteiger partial charge is 0.493 e. The summed E-state index contributed by atoms with van der Waals surface area (Å²) in [5.74, 6) is 2.03. The lowest BCUT2D eigenvalue weighted by molar-refractivity contribution is 0.297. The van der Waals surface area contributed by atoms with Crippen molar-refractivity contribution in [3.63, 3.8) is 0 Å². The summed E-state index contributed by atoms with van der Waals surface area (Å²) < 4.78 is 32.0. The van der Waals surface area contributed by atoms with E-state index in [4.69, 9.17) is 14.2 Å². The highest BCUT2D eigenvalue weighted by atomic mass is 19.1. The summed E-state index contributed by atoms with van der Waals surface area (Å²) >= 11 is 0. The van der Waals surface area contributed by atoms with E-state index in [0.29, 0.717) is 48.3 Å². The van der Waals surface area contributed by atoms with Crippen LogP contribution < -0.4 is 14.2 Å². The lowest BCUT2D eigenvalue weighted by atomic mass is 10.2. The van der Waals surface area contributed by atoms with Crippen molar-refractivity contribution in [1.29, 1.82) is 0 Å². The van der Waals surface area contributed by atoms with Crippen molar-refractivity contribution in [3.05, 3.63) is 84.3 Å². The van der Waals surface area contributed by atoms with E-state index in [1.807, 2.05) is 41.1 Å². The van der Waals surface area contributed by atoms with Crippen molar-refractivity contribution in [2.75, 3.05) is 20.8 Å². The minimum absolute atomic E-state index is 0.489. The third-order valence-corrected chi connectivity index (χ3v) is 4.94. The van der Waals surface area contributed by atoms with Gasteiger partial charge in [-0.25, -0.2) is 15.0 Å². The SMILES string of the molecule is COc1ccc(CCOc2ccc(Cn3ccnc3-c3ccnc(F)c3)cc2OC)cn1. The van der Waals surface area contributed by atoms with Crippen LogP contribution in [0.2, 0.25) is 0 Å². The molecule has 0 bridgehead atoms. The number of ether oxygens (including phenoxy) is 3. The van der Waals surface area contributed by atoms with Crippen LogP contribution in [0.15, 0.2) is 67.3 Å². The van der Waals surface area contributed by atoms with Crippen LogP contribution in [-0.4, -0.2) is 40.3 Å². The maximum Gasteiger partial charge on any atom is 0.213 e. The summed E-state index contributed by atoms with van der Waals surface area (Å²) in [6, 6.07) is 12.7. The molecular formula is C24H23FN4O3. The summed E-state index contributed by atoms with van der Waals surface area (Å²) in [6.07, 6.45) is 7.47. The molecule has 3 heterocycles. The van der Waals surface area contributed by atoms with Gasteiger partial charge >= 0.3 is 0 Å². The smallest absolute Gasteiger partial charge is 0.213 e. The van der Waals surface area contributed by atoms with E-state index in [1.54, 1.807) is 32.7 Å². The van der Waals surface area contributed by atoms with Gasteiger partial charge < -0.3 is 18.8 Å². The first-order valence-corrected chi connectivity index (χ1v) is 10.1. The number of rotatable bonds is 9. The van der Waals surface area contributed by atoms with Gasteiger partial charge in [-0.05, 0) is 29.3 Å². The van der Waals surface area contributed by atoms with Gasteiger partial charge in [-0.2, -0.15) is 4.39 Å². The Labute approximate surface area is 185 Å². The Morgan fingerprint density at radius 2 is 1.75 bits per heavy atom. The Morgan fingerprint density at radius 3 is 2.50 bits per heavy atom. The molecule has 0 radical (unpaired) electrons. The minimum atomic E-state index is -0.536. The number of imidazole rings is 1. The highest BCUT2D eigenvalue weighted by molar-refractivity contribution is 5.55. The average Bonchev–Trinajstić information content (AvgIpc) is 3.28. The second kappa shape index (κ2) is 9.91. The summed E-state index contributed by atoms with van der Waals surface area (Å²) in [5.41, 5.74) is 2.73. The van der Waals surface area contributed by atoms with Gasteiger partial charge in [0.05, 0.1) is 20.8 Å². The van der Waals surface area contributed by atoms with Crippen LogP contribution in [0.3, 0.4) is 0 Å². The number of benzene rings is 1. The van der Waals surface area contributed by atoms with Crippen LogP contribution in [0.5, 0.6) is 17.4 Å². The zero-order valence-corrected chi connectivity index (χ0v) is 17.9. The maximum atomic E-state index is 13.5. The lowest BCUT2D eigenvalue weighted by Crippen LogP contribution is -2.05. The van der Waals surface area contributed by atoms with Crippen LogP contribution in [-0.2, 0) is 13.0 Å². The molecular weight excluding hydrogens is 411 g/mol.